The molecule has 1 rings (SSSR count). The predicted octanol–water partition coefficient (Wildman–Crippen LogP) is 2.73. The first-order valence-corrected chi connectivity index (χ1v) is 3.66. The molecule has 13 heavy (non-hydrogen) atoms. The highest BCUT2D eigenvalue weighted by molar-refractivity contribution is 5.85. The lowest BCUT2D eigenvalue weighted by Crippen LogP contribution is -1.85. The molecular weight excluding hydrogens is 164 g/mol. The predicted molar refractivity (Wildman–Crippen MR) is 54.6 cm³/mol. The fraction of sp³-hybridized carbons (Fsp3) is 0.182. The third-order valence-electron chi connectivity index (χ3n) is 1.50. The first kappa shape index (κ1) is 11.4. The van der Waals surface area contributed by atoms with Gasteiger partial charge in [0.05, 0.1) is 0 Å². The lowest BCUT2D eigenvalue weighted by Gasteiger charge is -1.92. The monoisotopic (exact) mass is 178 g/mol. The molecule has 1 aromatic rings. The van der Waals surface area contributed by atoms with Crippen molar-refractivity contribution in [3.8, 4) is 0 Å². The summed E-state index contributed by atoms with van der Waals surface area (Å²) >= 11 is 0. The summed E-state index contributed by atoms with van der Waals surface area (Å²) in [7, 11) is 0. The Labute approximate surface area is 78.5 Å². The van der Waals surface area contributed by atoms with Gasteiger partial charge >= 0.3 is 5.97 Å². The number of carboxylic acid groups (broad SMARTS) is 1. The van der Waals surface area contributed by atoms with E-state index in [9.17, 15) is 4.79 Å². The summed E-state index contributed by atoms with van der Waals surface area (Å²) in [6, 6.07) is 7.66. The molecule has 0 bridgehead atoms. The Bertz CT molecular complexity index is 296. The molecule has 0 aliphatic heterocycles. The minimum Gasteiger partial charge on any atom is -0.478 e. The third-order valence-corrected chi connectivity index (χ3v) is 1.50. The van der Waals surface area contributed by atoms with Gasteiger partial charge in [-0.05, 0) is 18.6 Å². The van der Waals surface area contributed by atoms with E-state index in [0.717, 1.165) is 11.6 Å². The van der Waals surface area contributed by atoms with Gasteiger partial charge in [0.2, 0.25) is 0 Å². The van der Waals surface area contributed by atoms with Crippen molar-refractivity contribution in [2.75, 3.05) is 0 Å². The number of carbonyl (C=O) groups is 1. The van der Waals surface area contributed by atoms with Crippen molar-refractivity contribution in [3.63, 3.8) is 0 Å². The van der Waals surface area contributed by atoms with E-state index < -0.39 is 5.97 Å². The van der Waals surface area contributed by atoms with Crippen LogP contribution in [0.15, 0.2) is 30.3 Å². The topological polar surface area (TPSA) is 37.3 Å². The summed E-state index contributed by atoms with van der Waals surface area (Å²) in [4.78, 5) is 10.2. The van der Waals surface area contributed by atoms with Crippen LogP contribution in [0, 0.1) is 6.92 Å². The zero-order chi connectivity index (χ0) is 8.97. The minimum absolute atomic E-state index is 0. The molecule has 0 aliphatic carbocycles. The summed E-state index contributed by atoms with van der Waals surface area (Å²) in [5.74, 6) is -0.921. The minimum atomic E-state index is -0.921. The van der Waals surface area contributed by atoms with Crippen LogP contribution in [-0.4, -0.2) is 11.1 Å². The van der Waals surface area contributed by atoms with Crippen molar-refractivity contribution >= 4 is 12.0 Å². The summed E-state index contributed by atoms with van der Waals surface area (Å²) in [6.07, 6.45) is 2.70. The standard InChI is InChI=1S/C10H10O2.CH4/c1-8-2-4-9(5-3-8)6-7-10(11)12;/h2-7H,1H3,(H,11,12);1H4/b7-6+;. The van der Waals surface area contributed by atoms with Crippen molar-refractivity contribution in [2.24, 2.45) is 0 Å². The maximum atomic E-state index is 10.2. The van der Waals surface area contributed by atoms with Crippen molar-refractivity contribution in [2.45, 2.75) is 14.4 Å². The highest BCUT2D eigenvalue weighted by atomic mass is 16.4. The van der Waals surface area contributed by atoms with E-state index in [0.29, 0.717) is 0 Å². The Morgan fingerprint density at radius 3 is 2.31 bits per heavy atom. The first-order valence-electron chi connectivity index (χ1n) is 3.66. The number of hydrogen-bond donors (Lipinski definition) is 1. The summed E-state index contributed by atoms with van der Waals surface area (Å²) in [6.45, 7) is 1.99. The van der Waals surface area contributed by atoms with E-state index in [2.05, 4.69) is 0 Å². The van der Waals surface area contributed by atoms with Crippen LogP contribution in [0.1, 0.15) is 18.6 Å². The molecular formula is C11H14O2. The molecule has 0 saturated carbocycles. The molecule has 0 radical (unpaired) electrons. The van der Waals surface area contributed by atoms with E-state index in [1.54, 1.807) is 6.08 Å². The maximum Gasteiger partial charge on any atom is 0.328 e. The molecule has 70 valence electrons. The largest absolute Gasteiger partial charge is 0.478 e. The van der Waals surface area contributed by atoms with Gasteiger partial charge in [-0.15, -0.1) is 0 Å². The number of hydrogen-bond acceptors (Lipinski definition) is 1. The van der Waals surface area contributed by atoms with Crippen molar-refractivity contribution in [1.29, 1.82) is 0 Å². The maximum absolute atomic E-state index is 10.2. The molecule has 0 spiro atoms. The summed E-state index contributed by atoms with van der Waals surface area (Å²) in [5, 5.41) is 8.34. The summed E-state index contributed by atoms with van der Waals surface area (Å²) in [5.41, 5.74) is 2.07. The van der Waals surface area contributed by atoms with Crippen LogP contribution in [-0.2, 0) is 4.79 Å². The molecule has 1 N–H and O–H groups in total. The van der Waals surface area contributed by atoms with Crippen LogP contribution >= 0.6 is 0 Å². The van der Waals surface area contributed by atoms with Crippen molar-refractivity contribution in [3.05, 3.63) is 41.5 Å². The highest BCUT2D eigenvalue weighted by Gasteiger charge is 1.88. The molecule has 0 fully saturated rings. The molecule has 0 unspecified atom stereocenters. The molecule has 0 aliphatic rings. The summed E-state index contributed by atoms with van der Waals surface area (Å²) < 4.78 is 0. The normalized spacial score (nSPS) is 9.62. The fourth-order valence-corrected chi connectivity index (χ4v) is 0.845. The smallest absolute Gasteiger partial charge is 0.328 e. The van der Waals surface area contributed by atoms with E-state index >= 15 is 0 Å². The Morgan fingerprint density at radius 1 is 1.31 bits per heavy atom. The lowest BCUT2D eigenvalue weighted by atomic mass is 10.1. The molecule has 0 saturated heterocycles. The Hall–Kier alpha value is -1.57. The highest BCUT2D eigenvalue weighted by Crippen LogP contribution is 2.04. The van der Waals surface area contributed by atoms with Gasteiger partial charge < -0.3 is 5.11 Å². The van der Waals surface area contributed by atoms with E-state index in [-0.39, 0.29) is 7.43 Å². The van der Waals surface area contributed by atoms with Gasteiger partial charge in [-0.1, -0.05) is 37.3 Å². The second-order valence-electron chi connectivity index (χ2n) is 2.58. The van der Waals surface area contributed by atoms with Crippen LogP contribution < -0.4 is 0 Å². The average molecular weight is 178 g/mol. The van der Waals surface area contributed by atoms with Crippen LogP contribution in [0.5, 0.6) is 0 Å². The zero-order valence-electron chi connectivity index (χ0n) is 6.82. The lowest BCUT2D eigenvalue weighted by molar-refractivity contribution is -0.131. The van der Waals surface area contributed by atoms with Gasteiger partial charge in [0.1, 0.15) is 0 Å². The number of rotatable bonds is 2. The van der Waals surface area contributed by atoms with Crippen LogP contribution in [0.4, 0.5) is 0 Å². The third kappa shape index (κ3) is 4.11. The van der Waals surface area contributed by atoms with Crippen LogP contribution in [0.2, 0.25) is 0 Å². The van der Waals surface area contributed by atoms with Crippen LogP contribution in [0.25, 0.3) is 6.08 Å². The van der Waals surface area contributed by atoms with E-state index in [1.165, 1.54) is 5.56 Å². The van der Waals surface area contributed by atoms with Gasteiger partial charge in [-0.3, -0.25) is 0 Å². The van der Waals surface area contributed by atoms with Gasteiger partial charge in [-0.25, -0.2) is 4.79 Å². The van der Waals surface area contributed by atoms with Crippen molar-refractivity contribution < 1.29 is 9.90 Å². The number of benzene rings is 1. The van der Waals surface area contributed by atoms with Gasteiger partial charge in [0, 0.05) is 6.08 Å². The fourth-order valence-electron chi connectivity index (χ4n) is 0.845. The Morgan fingerprint density at radius 2 is 1.85 bits per heavy atom. The molecule has 0 amide bonds. The average Bonchev–Trinajstić information content (AvgIpc) is 2.03. The zero-order valence-corrected chi connectivity index (χ0v) is 6.82. The van der Waals surface area contributed by atoms with Gasteiger partial charge in [-0.2, -0.15) is 0 Å². The van der Waals surface area contributed by atoms with E-state index in [1.807, 2.05) is 31.2 Å². The van der Waals surface area contributed by atoms with Crippen molar-refractivity contribution in [1.82, 2.24) is 0 Å². The number of aliphatic carboxylic acids is 1. The van der Waals surface area contributed by atoms with Gasteiger partial charge in [0.25, 0.3) is 0 Å². The number of aryl methyl sites for hydroxylation is 1. The molecule has 2 nitrogen and oxygen atoms in total. The molecule has 0 atom stereocenters. The quantitative estimate of drug-likeness (QED) is 0.707. The Kier molecular flexibility index (Phi) is 4.52. The number of carboxylic acids is 1. The second kappa shape index (κ2) is 5.14. The van der Waals surface area contributed by atoms with E-state index in [4.69, 9.17) is 5.11 Å². The second-order valence-corrected chi connectivity index (χ2v) is 2.58. The first-order chi connectivity index (χ1) is 5.68. The van der Waals surface area contributed by atoms with Crippen LogP contribution in [0.3, 0.4) is 0 Å². The molecule has 2 heteroatoms. The van der Waals surface area contributed by atoms with Gasteiger partial charge in [0.15, 0.2) is 0 Å². The molecule has 1 aromatic carbocycles. The molecule has 0 heterocycles. The molecule has 0 aromatic heterocycles. The SMILES string of the molecule is C.Cc1ccc(/C=C/C(=O)O)cc1. The Balaban J connectivity index is 0.00000144.